The lowest BCUT2D eigenvalue weighted by molar-refractivity contribution is -0.124. The molecule has 0 fully saturated rings. The summed E-state index contributed by atoms with van der Waals surface area (Å²) in [6.07, 6.45) is 0. The highest BCUT2D eigenvalue weighted by molar-refractivity contribution is 6.31. The predicted molar refractivity (Wildman–Crippen MR) is 156 cm³/mol. The molecule has 0 saturated heterocycles. The Morgan fingerprint density at radius 1 is 1.02 bits per heavy atom. The maximum atomic E-state index is 13.7. The summed E-state index contributed by atoms with van der Waals surface area (Å²) in [7, 11) is 0. The molecular formula is C29H28Cl2N6O3. The average molecular weight is 579 g/mol. The van der Waals surface area contributed by atoms with Crippen LogP contribution in [0.4, 0.5) is 5.95 Å². The zero-order chi connectivity index (χ0) is 28.2. The number of halogens is 2. The van der Waals surface area contributed by atoms with Gasteiger partial charge in [0.2, 0.25) is 11.9 Å². The minimum Gasteiger partial charge on any atom is -0.395 e. The van der Waals surface area contributed by atoms with Crippen molar-refractivity contribution in [1.82, 2.24) is 19.7 Å². The van der Waals surface area contributed by atoms with Crippen molar-refractivity contribution < 1.29 is 9.90 Å². The molecule has 9 nitrogen and oxygen atoms in total. The number of aromatic nitrogens is 3. The number of carbonyl (C=O) groups excluding carboxylic acids is 1. The van der Waals surface area contributed by atoms with Crippen LogP contribution in [0.3, 0.4) is 0 Å². The number of amides is 1. The van der Waals surface area contributed by atoms with E-state index in [1.54, 1.807) is 24.1 Å². The van der Waals surface area contributed by atoms with Gasteiger partial charge in [-0.3, -0.25) is 4.79 Å². The molecule has 40 heavy (non-hydrogen) atoms. The second kappa shape index (κ2) is 12.1. The Labute approximate surface area is 241 Å². The Hall–Kier alpha value is -3.92. The molecule has 206 valence electrons. The number of aliphatic hydroxyl groups is 1. The standard InChI is InChI=1S/C29H28Cl2N6O3/c1-19(27(39)32-15-16-38)37-28(34-36(29(37)40)17-20-7-11-23(30)12-8-20)35-18-25(21-5-3-2-4-6-21)26(33-35)22-9-13-24(31)14-10-22/h2-14,19,25,38H,15-18H2,1H3,(H,32,39)/t19-,25+/m1/s1. The van der Waals surface area contributed by atoms with Gasteiger partial charge in [-0.1, -0.05) is 77.8 Å². The zero-order valence-corrected chi connectivity index (χ0v) is 23.3. The topological polar surface area (TPSA) is 105 Å². The van der Waals surface area contributed by atoms with Gasteiger partial charge in [-0.2, -0.15) is 5.10 Å². The number of hydrogen-bond donors (Lipinski definition) is 2. The van der Waals surface area contributed by atoms with Crippen LogP contribution in [0.2, 0.25) is 10.0 Å². The quantitative estimate of drug-likeness (QED) is 0.311. The van der Waals surface area contributed by atoms with E-state index in [0.29, 0.717) is 16.6 Å². The molecule has 2 N–H and O–H groups in total. The summed E-state index contributed by atoms with van der Waals surface area (Å²) in [6.45, 7) is 2.08. The molecule has 2 heterocycles. The lowest BCUT2D eigenvalue weighted by Crippen LogP contribution is -2.38. The van der Waals surface area contributed by atoms with E-state index in [-0.39, 0.29) is 31.6 Å². The summed E-state index contributed by atoms with van der Waals surface area (Å²) in [5.74, 6) is -0.287. The van der Waals surface area contributed by atoms with E-state index in [1.807, 2.05) is 66.7 Å². The summed E-state index contributed by atoms with van der Waals surface area (Å²) < 4.78 is 2.67. The Bertz CT molecular complexity index is 1570. The first kappa shape index (κ1) is 27.6. The first-order valence-corrected chi connectivity index (χ1v) is 13.6. The third kappa shape index (κ3) is 5.82. The smallest absolute Gasteiger partial charge is 0.348 e. The number of aliphatic hydroxyl groups excluding tert-OH is 1. The number of hydrogen-bond acceptors (Lipinski definition) is 6. The molecule has 2 atom stereocenters. The molecule has 0 spiro atoms. The lowest BCUT2D eigenvalue weighted by atomic mass is 9.91. The number of hydrazone groups is 1. The molecular weight excluding hydrogens is 551 g/mol. The van der Waals surface area contributed by atoms with Gasteiger partial charge in [0.05, 0.1) is 25.4 Å². The molecule has 0 bridgehead atoms. The molecule has 0 radical (unpaired) electrons. The minimum atomic E-state index is -0.905. The van der Waals surface area contributed by atoms with Gasteiger partial charge in [0.15, 0.2) is 0 Å². The van der Waals surface area contributed by atoms with Gasteiger partial charge in [-0.05, 0) is 47.9 Å². The van der Waals surface area contributed by atoms with E-state index in [9.17, 15) is 14.7 Å². The SMILES string of the molecule is C[C@H](C(=O)NCCO)n1c(N2C[C@@H](c3ccccc3)C(c3ccc(Cl)cc3)=N2)nn(Cc2ccc(Cl)cc2)c1=O. The van der Waals surface area contributed by atoms with Crippen molar-refractivity contribution in [1.29, 1.82) is 0 Å². The van der Waals surface area contributed by atoms with E-state index in [0.717, 1.165) is 22.4 Å². The van der Waals surface area contributed by atoms with Crippen LogP contribution in [-0.4, -0.2) is 50.8 Å². The first-order valence-electron chi connectivity index (χ1n) is 12.8. The average Bonchev–Trinajstić information content (AvgIpc) is 3.55. The van der Waals surface area contributed by atoms with Crippen LogP contribution in [0.5, 0.6) is 0 Å². The van der Waals surface area contributed by atoms with Gasteiger partial charge < -0.3 is 10.4 Å². The number of carbonyl (C=O) groups is 1. The van der Waals surface area contributed by atoms with Crippen LogP contribution in [0.25, 0.3) is 0 Å². The minimum absolute atomic E-state index is 0.0742. The Morgan fingerprint density at radius 3 is 2.33 bits per heavy atom. The molecule has 1 aliphatic heterocycles. The van der Waals surface area contributed by atoms with Crippen LogP contribution >= 0.6 is 23.2 Å². The van der Waals surface area contributed by atoms with Gasteiger partial charge in [0.25, 0.3) is 0 Å². The monoisotopic (exact) mass is 578 g/mol. The van der Waals surface area contributed by atoms with Crippen molar-refractivity contribution in [2.75, 3.05) is 24.7 Å². The number of nitrogens with one attached hydrogen (secondary N) is 1. The Morgan fingerprint density at radius 2 is 1.68 bits per heavy atom. The van der Waals surface area contributed by atoms with Gasteiger partial charge in [0, 0.05) is 22.5 Å². The molecule has 11 heteroatoms. The van der Waals surface area contributed by atoms with Crippen molar-refractivity contribution in [3.63, 3.8) is 0 Å². The second-order valence-electron chi connectivity index (χ2n) is 9.46. The van der Waals surface area contributed by atoms with Crippen LogP contribution in [-0.2, 0) is 11.3 Å². The molecule has 1 amide bonds. The summed E-state index contributed by atoms with van der Waals surface area (Å²) in [4.78, 5) is 26.6. The van der Waals surface area contributed by atoms with Crippen molar-refractivity contribution in [3.05, 3.63) is 116 Å². The molecule has 1 aromatic heterocycles. The van der Waals surface area contributed by atoms with E-state index in [4.69, 9.17) is 28.3 Å². The van der Waals surface area contributed by atoms with Crippen molar-refractivity contribution in [3.8, 4) is 0 Å². The second-order valence-corrected chi connectivity index (χ2v) is 10.3. The van der Waals surface area contributed by atoms with Crippen LogP contribution in [0.15, 0.2) is 88.8 Å². The highest BCUT2D eigenvalue weighted by Crippen LogP contribution is 2.32. The molecule has 3 aromatic carbocycles. The third-order valence-electron chi connectivity index (χ3n) is 6.76. The van der Waals surface area contributed by atoms with E-state index < -0.39 is 17.6 Å². The van der Waals surface area contributed by atoms with Gasteiger partial charge >= 0.3 is 5.69 Å². The summed E-state index contributed by atoms with van der Waals surface area (Å²) in [5, 5.41) is 24.3. The number of rotatable bonds is 9. The Kier molecular flexibility index (Phi) is 8.35. The highest BCUT2D eigenvalue weighted by atomic mass is 35.5. The molecule has 0 unspecified atom stereocenters. The van der Waals surface area contributed by atoms with Crippen LogP contribution in [0, 0.1) is 0 Å². The van der Waals surface area contributed by atoms with Gasteiger partial charge in [-0.25, -0.2) is 19.1 Å². The van der Waals surface area contributed by atoms with Gasteiger partial charge in [0.1, 0.15) is 6.04 Å². The predicted octanol–water partition coefficient (Wildman–Crippen LogP) is 4.08. The number of anilines is 1. The molecule has 0 saturated carbocycles. The molecule has 4 aromatic rings. The lowest BCUT2D eigenvalue weighted by Gasteiger charge is -2.19. The van der Waals surface area contributed by atoms with Crippen molar-refractivity contribution >= 4 is 40.8 Å². The molecule has 5 rings (SSSR count). The molecule has 0 aliphatic carbocycles. The van der Waals surface area contributed by atoms with Crippen molar-refractivity contribution in [2.45, 2.75) is 25.4 Å². The fourth-order valence-electron chi connectivity index (χ4n) is 4.69. The van der Waals surface area contributed by atoms with Crippen LogP contribution < -0.4 is 16.0 Å². The third-order valence-corrected chi connectivity index (χ3v) is 7.27. The normalized spacial score (nSPS) is 15.7. The van der Waals surface area contributed by atoms with Crippen molar-refractivity contribution in [2.24, 2.45) is 5.10 Å². The number of benzene rings is 3. The van der Waals surface area contributed by atoms with E-state index in [1.165, 1.54) is 9.25 Å². The maximum absolute atomic E-state index is 13.7. The fraction of sp³-hybridized carbons (Fsp3) is 0.241. The fourth-order valence-corrected chi connectivity index (χ4v) is 4.94. The van der Waals surface area contributed by atoms with Crippen LogP contribution in [0.1, 0.15) is 35.6 Å². The summed E-state index contributed by atoms with van der Waals surface area (Å²) in [5.41, 5.74) is 3.12. The Balaban J connectivity index is 1.59. The van der Waals surface area contributed by atoms with E-state index >= 15 is 0 Å². The maximum Gasteiger partial charge on any atom is 0.348 e. The van der Waals surface area contributed by atoms with E-state index in [2.05, 4.69) is 10.4 Å². The molecule has 1 aliphatic rings. The largest absolute Gasteiger partial charge is 0.395 e. The highest BCUT2D eigenvalue weighted by Gasteiger charge is 2.35. The summed E-state index contributed by atoms with van der Waals surface area (Å²) in [6, 6.07) is 23.7. The van der Waals surface area contributed by atoms with Gasteiger partial charge in [-0.15, -0.1) is 5.10 Å². The summed E-state index contributed by atoms with van der Waals surface area (Å²) >= 11 is 12.2. The first-order chi connectivity index (χ1) is 19.4. The number of nitrogens with zero attached hydrogens (tertiary/aromatic N) is 5. The zero-order valence-electron chi connectivity index (χ0n) is 21.7.